The summed E-state index contributed by atoms with van der Waals surface area (Å²) in [5.74, 6) is 0. The van der Waals surface area contributed by atoms with Crippen LogP contribution in [-0.4, -0.2) is 0 Å². The molecule has 1 nitrogen and oxygen atoms in total. The van der Waals surface area contributed by atoms with Crippen LogP contribution in [0.4, 0.5) is 5.69 Å². The van der Waals surface area contributed by atoms with Gasteiger partial charge in [0.1, 0.15) is 0 Å². The Morgan fingerprint density at radius 1 is 1.56 bits per heavy atom. The zero-order valence-corrected chi connectivity index (χ0v) is 4.58. The van der Waals surface area contributed by atoms with Crippen LogP contribution in [0.1, 0.15) is 23.5 Å². The summed E-state index contributed by atoms with van der Waals surface area (Å²) in [7, 11) is 0. The van der Waals surface area contributed by atoms with Crippen molar-refractivity contribution in [1.82, 2.24) is 0 Å². The van der Waals surface area contributed by atoms with Gasteiger partial charge in [-0.3, -0.25) is 0 Å². The normalized spacial score (nSPS) is 26.9. The molecule has 0 aromatic heterocycles. The molecule has 48 valence electrons. The molecule has 0 fully saturated rings. The van der Waals surface area contributed by atoms with E-state index in [9.17, 15) is 0 Å². The van der Waals surface area contributed by atoms with Gasteiger partial charge in [-0.25, -0.2) is 0 Å². The van der Waals surface area contributed by atoms with Crippen LogP contribution in [0.3, 0.4) is 0 Å². The van der Waals surface area contributed by atoms with Gasteiger partial charge in [0.15, 0.2) is 0 Å². The van der Waals surface area contributed by atoms with Crippen LogP contribution in [0.2, 0.25) is 0 Å². The number of nitrogens with two attached hydrogens (primary N) is 1. The van der Waals surface area contributed by atoms with E-state index < -0.39 is 48.6 Å². The Kier molecular flexibility index (Phi) is 0.318. The molecule has 1 aromatic rings. The fourth-order valence-electron chi connectivity index (χ4n) is 0.421. The molecule has 0 amide bonds. The van der Waals surface area contributed by atoms with Crippen molar-refractivity contribution in [2.75, 3.05) is 5.73 Å². The van der Waals surface area contributed by atoms with Crippen molar-refractivity contribution in [3.8, 4) is 0 Å². The second-order valence-electron chi connectivity index (χ2n) is 1.54. The molecular formula is C8H11N. The lowest BCUT2D eigenvalue weighted by Crippen LogP contribution is -1.88. The van der Waals surface area contributed by atoms with Crippen LogP contribution >= 0.6 is 0 Å². The molecule has 0 aliphatic carbocycles. The average Bonchev–Trinajstić information content (AvgIpc) is 2.10. The molecule has 0 saturated heterocycles. The maximum atomic E-state index is 7.57. The Morgan fingerprint density at radius 2 is 2.44 bits per heavy atom. The summed E-state index contributed by atoms with van der Waals surface area (Å²) in [6.07, 6.45) is 0. The van der Waals surface area contributed by atoms with Crippen LogP contribution in [0.5, 0.6) is 0 Å². The van der Waals surface area contributed by atoms with Crippen molar-refractivity contribution in [2.45, 2.75) is 13.7 Å². The first-order chi connectivity index (χ1) is 7.89. The van der Waals surface area contributed by atoms with Gasteiger partial charge in [-0.05, 0) is 30.9 Å². The monoisotopic (exact) mass is 130 g/mol. The summed E-state index contributed by atoms with van der Waals surface area (Å²) < 4.78 is 65.8. The molecule has 0 aliphatic heterocycles. The van der Waals surface area contributed by atoms with Gasteiger partial charge < -0.3 is 5.73 Å². The Bertz CT molecular complexity index is 411. The summed E-state index contributed by atoms with van der Waals surface area (Å²) in [4.78, 5) is 0. The lowest BCUT2D eigenvalue weighted by atomic mass is 10.1. The molecule has 2 N–H and O–H groups in total. The number of hydrogen-bond acceptors (Lipinski definition) is 1. The minimum atomic E-state index is -2.79. The maximum Gasteiger partial charge on any atom is 0.0647 e. The zero-order chi connectivity index (χ0) is 14.5. The van der Waals surface area contributed by atoms with Gasteiger partial charge >= 0.3 is 0 Å². The van der Waals surface area contributed by atoms with Crippen LogP contribution in [0.15, 0.2) is 18.1 Å². The van der Waals surface area contributed by atoms with Gasteiger partial charge in [0.25, 0.3) is 0 Å². The van der Waals surface area contributed by atoms with E-state index in [1.54, 1.807) is 0 Å². The molecule has 1 heteroatoms. The number of anilines is 1. The third-order valence-electron chi connectivity index (χ3n) is 0.842. The van der Waals surface area contributed by atoms with Gasteiger partial charge in [-0.1, -0.05) is 12.1 Å². The number of hydrogen-bond donors (Lipinski definition) is 1. The first kappa shape index (κ1) is 1.36. The van der Waals surface area contributed by atoms with E-state index in [0.717, 1.165) is 0 Å². The van der Waals surface area contributed by atoms with Crippen LogP contribution in [-0.2, 0) is 0 Å². The van der Waals surface area contributed by atoms with Crippen molar-refractivity contribution in [3.05, 3.63) is 29.3 Å². The van der Waals surface area contributed by atoms with Crippen molar-refractivity contribution in [2.24, 2.45) is 0 Å². The van der Waals surface area contributed by atoms with Gasteiger partial charge in [0.2, 0.25) is 0 Å². The van der Waals surface area contributed by atoms with Gasteiger partial charge in [-0.2, -0.15) is 0 Å². The molecule has 0 saturated carbocycles. The molecule has 0 bridgehead atoms. The summed E-state index contributed by atoms with van der Waals surface area (Å²) >= 11 is 0. The first-order valence-electron chi connectivity index (χ1n) is 6.79. The van der Waals surface area contributed by atoms with E-state index in [4.69, 9.17) is 18.1 Å². The third-order valence-corrected chi connectivity index (χ3v) is 0.842. The molecule has 0 atom stereocenters. The van der Waals surface area contributed by atoms with E-state index in [2.05, 4.69) is 0 Å². The second-order valence-corrected chi connectivity index (χ2v) is 1.54. The summed E-state index contributed by atoms with van der Waals surface area (Å²) in [5.41, 5.74) is 3.51. The standard InChI is InChI=1S/C8H11N/c1-6-3-4-7(2)8(9)5-6/h3-5H,9H2,1-2H3/i1D3,2D3,3D,4D,5D. The van der Waals surface area contributed by atoms with Crippen molar-refractivity contribution in [3.63, 3.8) is 0 Å². The highest BCUT2D eigenvalue weighted by atomic mass is 14.5. The highest BCUT2D eigenvalue weighted by Crippen LogP contribution is 2.10. The molecule has 1 rings (SSSR count). The molecule has 0 aliphatic rings. The zero-order valence-electron chi connectivity index (χ0n) is 13.6. The lowest BCUT2D eigenvalue weighted by Gasteiger charge is -1.98. The maximum absolute atomic E-state index is 7.57. The van der Waals surface area contributed by atoms with Gasteiger partial charge in [0, 0.05) is 13.9 Å². The smallest absolute Gasteiger partial charge is 0.0647 e. The fraction of sp³-hybridized carbons (Fsp3) is 0.250. The minimum absolute atomic E-state index is 0.581. The van der Waals surface area contributed by atoms with Crippen molar-refractivity contribution < 1.29 is 12.3 Å². The number of benzene rings is 1. The quantitative estimate of drug-likeness (QED) is 0.533. The lowest BCUT2D eigenvalue weighted by molar-refractivity contribution is 1.40. The van der Waals surface area contributed by atoms with E-state index in [-0.39, 0.29) is 0 Å². The Morgan fingerprint density at radius 3 is 3.11 bits per heavy atom. The minimum Gasteiger partial charge on any atom is -0.399 e. The Labute approximate surface area is 68.1 Å². The van der Waals surface area contributed by atoms with Gasteiger partial charge in [-0.15, -0.1) is 0 Å². The van der Waals surface area contributed by atoms with E-state index in [1.807, 2.05) is 0 Å². The number of rotatable bonds is 0. The van der Waals surface area contributed by atoms with Crippen LogP contribution < -0.4 is 5.73 Å². The van der Waals surface area contributed by atoms with Crippen LogP contribution in [0.25, 0.3) is 0 Å². The fourth-order valence-corrected chi connectivity index (χ4v) is 0.421. The molecular weight excluding hydrogens is 110 g/mol. The third kappa shape index (κ3) is 1.22. The second kappa shape index (κ2) is 2.09. The number of nitrogen functional groups attached to an aromatic ring is 1. The largest absolute Gasteiger partial charge is 0.399 e. The van der Waals surface area contributed by atoms with E-state index in [0.29, 0.717) is 0 Å². The topological polar surface area (TPSA) is 26.0 Å². The highest BCUT2D eigenvalue weighted by Gasteiger charge is 1.89. The van der Waals surface area contributed by atoms with E-state index >= 15 is 0 Å². The van der Waals surface area contributed by atoms with Gasteiger partial charge in [0.05, 0.1) is 4.11 Å². The first-order valence-corrected chi connectivity index (χ1v) is 2.29. The molecule has 9 heavy (non-hydrogen) atoms. The van der Waals surface area contributed by atoms with Crippen molar-refractivity contribution in [1.29, 1.82) is 0 Å². The molecule has 0 heterocycles. The Hall–Kier alpha value is -0.980. The molecule has 0 spiro atoms. The van der Waals surface area contributed by atoms with E-state index in [1.165, 1.54) is 0 Å². The predicted molar refractivity (Wildman–Crippen MR) is 40.3 cm³/mol. The molecule has 0 radical (unpaired) electrons. The average molecular weight is 130 g/mol. The Balaban J connectivity index is 3.79. The predicted octanol–water partition coefficient (Wildman–Crippen LogP) is 1.89. The molecule has 1 aromatic carbocycles. The SMILES string of the molecule is [2H]c1c([2H])c(C([2H])([2H])[2H])c(N)c([2H])c1C([2H])([2H])[2H]. The van der Waals surface area contributed by atoms with Crippen molar-refractivity contribution >= 4 is 5.69 Å². The van der Waals surface area contributed by atoms with Crippen LogP contribution in [0, 0.1) is 13.7 Å². The highest BCUT2D eigenvalue weighted by molar-refractivity contribution is 5.47. The summed E-state index contributed by atoms with van der Waals surface area (Å²) in [5, 5.41) is 0. The summed E-state index contributed by atoms with van der Waals surface area (Å²) in [6, 6.07) is -2.28. The molecule has 0 unspecified atom stereocenters. The summed E-state index contributed by atoms with van der Waals surface area (Å²) in [6.45, 7) is -5.55.